The molecule has 0 saturated carbocycles. The van der Waals surface area contributed by atoms with E-state index >= 15 is 0 Å². The van der Waals surface area contributed by atoms with Crippen molar-refractivity contribution in [3.63, 3.8) is 0 Å². The number of para-hydroxylation sites is 1. The zero-order chi connectivity index (χ0) is 19.2. The van der Waals surface area contributed by atoms with Gasteiger partial charge >= 0.3 is 0 Å². The number of hydrogen-bond acceptors (Lipinski definition) is 5. The molecule has 1 aromatic heterocycles. The average Bonchev–Trinajstić information content (AvgIpc) is 3.23. The van der Waals surface area contributed by atoms with Gasteiger partial charge in [-0.25, -0.2) is 4.98 Å². The normalized spacial score (nSPS) is 10.5. The van der Waals surface area contributed by atoms with Gasteiger partial charge in [0.25, 0.3) is 0 Å². The van der Waals surface area contributed by atoms with E-state index in [2.05, 4.69) is 10.3 Å². The highest BCUT2D eigenvalue weighted by atomic mass is 16.5. The molecule has 0 aliphatic heterocycles. The highest BCUT2D eigenvalue weighted by molar-refractivity contribution is 5.56. The van der Waals surface area contributed by atoms with Crippen molar-refractivity contribution < 1.29 is 13.9 Å². The predicted molar refractivity (Wildman–Crippen MR) is 109 cm³/mol. The Balaban J connectivity index is 1.36. The van der Waals surface area contributed by atoms with E-state index in [4.69, 9.17) is 13.9 Å². The summed E-state index contributed by atoms with van der Waals surface area (Å²) >= 11 is 0. The fourth-order valence-corrected chi connectivity index (χ4v) is 2.73. The van der Waals surface area contributed by atoms with Gasteiger partial charge in [-0.2, -0.15) is 0 Å². The minimum absolute atomic E-state index is 0.562. The lowest BCUT2D eigenvalue weighted by molar-refractivity contribution is 0.414. The van der Waals surface area contributed by atoms with Crippen LogP contribution in [0.3, 0.4) is 0 Å². The highest BCUT2D eigenvalue weighted by Crippen LogP contribution is 2.25. The van der Waals surface area contributed by atoms with E-state index in [9.17, 15) is 0 Å². The van der Waals surface area contributed by atoms with Gasteiger partial charge in [-0.15, -0.1) is 0 Å². The molecule has 0 spiro atoms. The molecule has 0 atom stereocenters. The number of benzene rings is 3. The van der Waals surface area contributed by atoms with Crippen LogP contribution >= 0.6 is 0 Å². The van der Waals surface area contributed by atoms with Gasteiger partial charge in [0.1, 0.15) is 23.5 Å². The molecule has 4 rings (SSSR count). The molecule has 4 aromatic rings. The molecule has 0 fully saturated rings. The van der Waals surface area contributed by atoms with Crippen LogP contribution in [0.4, 0.5) is 5.69 Å². The first-order valence-corrected chi connectivity index (χ1v) is 8.96. The van der Waals surface area contributed by atoms with Gasteiger partial charge in [-0.3, -0.25) is 0 Å². The highest BCUT2D eigenvalue weighted by Gasteiger charge is 2.08. The van der Waals surface area contributed by atoms with E-state index in [1.807, 2.05) is 78.9 Å². The van der Waals surface area contributed by atoms with Crippen LogP contribution in [0.15, 0.2) is 89.5 Å². The van der Waals surface area contributed by atoms with Gasteiger partial charge in [0.05, 0.1) is 19.3 Å². The Morgan fingerprint density at radius 2 is 1.61 bits per heavy atom. The van der Waals surface area contributed by atoms with Crippen LogP contribution in [-0.4, -0.2) is 12.1 Å². The summed E-state index contributed by atoms with van der Waals surface area (Å²) in [6, 6.07) is 25.2. The number of anilines is 1. The van der Waals surface area contributed by atoms with Gasteiger partial charge in [0.15, 0.2) is 0 Å². The third kappa shape index (κ3) is 4.32. The van der Waals surface area contributed by atoms with E-state index < -0.39 is 0 Å². The topological polar surface area (TPSA) is 56.5 Å². The van der Waals surface area contributed by atoms with Crippen LogP contribution in [0.25, 0.3) is 11.5 Å². The summed E-state index contributed by atoms with van der Waals surface area (Å²) in [5, 5.41) is 3.34. The number of rotatable bonds is 7. The van der Waals surface area contributed by atoms with E-state index in [-0.39, 0.29) is 0 Å². The minimum Gasteiger partial charge on any atom is -0.497 e. The summed E-state index contributed by atoms with van der Waals surface area (Å²) in [6.07, 6.45) is 1.66. The maximum absolute atomic E-state index is 5.80. The predicted octanol–water partition coefficient (Wildman–Crippen LogP) is 5.75. The Kier molecular flexibility index (Phi) is 5.24. The van der Waals surface area contributed by atoms with Crippen molar-refractivity contribution in [2.24, 2.45) is 0 Å². The first kappa shape index (κ1) is 17.7. The van der Waals surface area contributed by atoms with Crippen LogP contribution < -0.4 is 14.8 Å². The lowest BCUT2D eigenvalue weighted by Gasteiger charge is -2.07. The van der Waals surface area contributed by atoms with Crippen molar-refractivity contribution in [3.05, 3.63) is 90.8 Å². The van der Waals surface area contributed by atoms with Gasteiger partial charge < -0.3 is 19.2 Å². The Hall–Kier alpha value is -3.73. The molecule has 0 aliphatic carbocycles. The molecule has 0 saturated heterocycles. The Morgan fingerprint density at radius 1 is 0.857 bits per heavy atom. The summed E-state index contributed by atoms with van der Waals surface area (Å²) in [4.78, 5) is 4.53. The number of nitrogens with zero attached hydrogens (tertiary/aromatic N) is 1. The van der Waals surface area contributed by atoms with E-state index in [0.717, 1.165) is 34.2 Å². The molecule has 0 amide bonds. The van der Waals surface area contributed by atoms with Crippen LogP contribution in [0.5, 0.6) is 17.2 Å². The lowest BCUT2D eigenvalue weighted by atomic mass is 10.2. The van der Waals surface area contributed by atoms with Gasteiger partial charge in [-0.1, -0.05) is 24.3 Å². The van der Waals surface area contributed by atoms with Crippen LogP contribution in [0.2, 0.25) is 0 Å². The molecule has 0 aliphatic rings. The van der Waals surface area contributed by atoms with Crippen molar-refractivity contribution >= 4 is 5.69 Å². The number of oxazole rings is 1. The fourth-order valence-electron chi connectivity index (χ4n) is 2.73. The number of hydrogen-bond donors (Lipinski definition) is 1. The SMILES string of the molecule is COc1cccc(-c2nc(CNc3ccc(Oc4ccccc4)cc3)co2)c1. The second kappa shape index (κ2) is 8.31. The van der Waals surface area contributed by atoms with Crippen molar-refractivity contribution in [1.82, 2.24) is 4.98 Å². The molecule has 1 heterocycles. The van der Waals surface area contributed by atoms with Crippen LogP contribution in [-0.2, 0) is 6.54 Å². The fraction of sp³-hybridized carbons (Fsp3) is 0.0870. The molecular formula is C23H20N2O3. The molecular weight excluding hydrogens is 352 g/mol. The molecule has 3 aromatic carbocycles. The average molecular weight is 372 g/mol. The Labute approximate surface area is 163 Å². The summed E-state index contributed by atoms with van der Waals surface area (Å²) in [5.41, 5.74) is 2.68. The summed E-state index contributed by atoms with van der Waals surface area (Å²) < 4.78 is 16.6. The number of ether oxygens (including phenoxy) is 2. The van der Waals surface area contributed by atoms with Gasteiger partial charge in [0, 0.05) is 11.3 Å². The zero-order valence-electron chi connectivity index (χ0n) is 15.5. The van der Waals surface area contributed by atoms with Crippen molar-refractivity contribution in [1.29, 1.82) is 0 Å². The van der Waals surface area contributed by atoms with E-state index in [1.165, 1.54) is 0 Å². The number of nitrogens with one attached hydrogen (secondary N) is 1. The third-order valence-corrected chi connectivity index (χ3v) is 4.18. The Morgan fingerprint density at radius 3 is 2.39 bits per heavy atom. The standard InChI is InChI=1S/C23H20N2O3/c1-26-22-9-5-6-17(14-22)23-25-19(16-27-23)15-24-18-10-12-21(13-11-18)28-20-7-3-2-4-8-20/h2-14,16,24H,15H2,1H3. The first-order chi connectivity index (χ1) is 13.8. The van der Waals surface area contributed by atoms with Crippen molar-refractivity contribution in [3.8, 4) is 28.7 Å². The molecule has 1 N–H and O–H groups in total. The molecule has 0 unspecified atom stereocenters. The second-order valence-corrected chi connectivity index (χ2v) is 6.17. The Bertz CT molecular complexity index is 1030. The third-order valence-electron chi connectivity index (χ3n) is 4.18. The van der Waals surface area contributed by atoms with E-state index in [0.29, 0.717) is 12.4 Å². The summed E-state index contributed by atoms with van der Waals surface area (Å²) in [6.45, 7) is 0.562. The van der Waals surface area contributed by atoms with Gasteiger partial charge in [-0.05, 0) is 54.6 Å². The van der Waals surface area contributed by atoms with Crippen LogP contribution in [0, 0.1) is 0 Å². The molecule has 5 heteroatoms. The zero-order valence-corrected chi connectivity index (χ0v) is 15.5. The molecule has 0 radical (unpaired) electrons. The van der Waals surface area contributed by atoms with Crippen LogP contribution in [0.1, 0.15) is 5.69 Å². The molecule has 140 valence electrons. The molecule has 0 bridgehead atoms. The van der Waals surface area contributed by atoms with Crippen molar-refractivity contribution in [2.75, 3.05) is 12.4 Å². The summed E-state index contributed by atoms with van der Waals surface area (Å²) in [7, 11) is 1.64. The minimum atomic E-state index is 0.562. The quantitative estimate of drug-likeness (QED) is 0.447. The summed E-state index contributed by atoms with van der Waals surface area (Å²) in [5.74, 6) is 2.95. The molecule has 5 nitrogen and oxygen atoms in total. The number of methoxy groups -OCH3 is 1. The van der Waals surface area contributed by atoms with Gasteiger partial charge in [0.2, 0.25) is 5.89 Å². The maximum Gasteiger partial charge on any atom is 0.226 e. The monoisotopic (exact) mass is 372 g/mol. The first-order valence-electron chi connectivity index (χ1n) is 8.96. The maximum atomic E-state index is 5.80. The largest absolute Gasteiger partial charge is 0.497 e. The van der Waals surface area contributed by atoms with Crippen molar-refractivity contribution in [2.45, 2.75) is 6.54 Å². The number of aromatic nitrogens is 1. The van der Waals surface area contributed by atoms with E-state index in [1.54, 1.807) is 13.4 Å². The lowest BCUT2D eigenvalue weighted by Crippen LogP contribution is -1.99. The molecule has 28 heavy (non-hydrogen) atoms. The second-order valence-electron chi connectivity index (χ2n) is 6.17. The smallest absolute Gasteiger partial charge is 0.226 e.